The molecule has 1 aliphatic carbocycles. The van der Waals surface area contributed by atoms with Gasteiger partial charge in [0.1, 0.15) is 17.7 Å². The summed E-state index contributed by atoms with van der Waals surface area (Å²) in [5.41, 5.74) is 2.22. The minimum Gasteiger partial charge on any atom is -0.468 e. The number of nitrogens with one attached hydrogen (secondary N) is 1. The number of hydrogen-bond acceptors (Lipinski definition) is 6. The Morgan fingerprint density at radius 2 is 1.64 bits per heavy atom. The molecule has 200 valence electrons. The standard InChI is InChI=1S/C30H26F2N2O4S/c1-17-26(33-29(36)38-18(2)19-7-5-4-6-8-19)27(39-34-17)23-16-24(31)22(15-25(23)32)20-9-11-21(12-10-20)30(13-14-30)28(35)37-3/h4-12,15-16,18H,13-14H2,1-3H3,(H,33,36). The van der Waals surface area contributed by atoms with Gasteiger partial charge in [-0.05, 0) is 67.0 Å². The van der Waals surface area contributed by atoms with E-state index in [-0.39, 0.29) is 27.7 Å². The van der Waals surface area contributed by atoms with E-state index in [2.05, 4.69) is 9.69 Å². The van der Waals surface area contributed by atoms with E-state index in [4.69, 9.17) is 9.47 Å². The summed E-state index contributed by atoms with van der Waals surface area (Å²) in [6.07, 6.45) is 0.151. The van der Waals surface area contributed by atoms with Crippen molar-refractivity contribution in [3.05, 3.63) is 95.2 Å². The van der Waals surface area contributed by atoms with Gasteiger partial charge in [-0.3, -0.25) is 10.1 Å². The number of ether oxygens (including phenoxy) is 2. The van der Waals surface area contributed by atoms with Crippen molar-refractivity contribution in [3.8, 4) is 21.6 Å². The van der Waals surface area contributed by atoms with Crippen LogP contribution in [0.3, 0.4) is 0 Å². The van der Waals surface area contributed by atoms with Gasteiger partial charge in [-0.2, -0.15) is 4.37 Å². The predicted octanol–water partition coefficient (Wildman–Crippen LogP) is 7.58. The zero-order valence-electron chi connectivity index (χ0n) is 21.6. The maximum atomic E-state index is 15.4. The predicted molar refractivity (Wildman–Crippen MR) is 146 cm³/mol. The first-order valence-electron chi connectivity index (χ1n) is 12.4. The molecule has 1 amide bonds. The van der Waals surface area contributed by atoms with Gasteiger partial charge in [0.05, 0.1) is 28.8 Å². The van der Waals surface area contributed by atoms with E-state index in [9.17, 15) is 9.59 Å². The quantitative estimate of drug-likeness (QED) is 0.241. The molecule has 1 N–H and O–H groups in total. The van der Waals surface area contributed by atoms with Crippen molar-refractivity contribution in [1.29, 1.82) is 0 Å². The van der Waals surface area contributed by atoms with Gasteiger partial charge in [0.15, 0.2) is 0 Å². The Balaban J connectivity index is 1.38. The zero-order chi connectivity index (χ0) is 27.7. The van der Waals surface area contributed by atoms with Crippen LogP contribution in [0.5, 0.6) is 0 Å². The third-order valence-corrected chi connectivity index (χ3v) is 7.99. The Labute approximate surface area is 228 Å². The van der Waals surface area contributed by atoms with Gasteiger partial charge in [0.25, 0.3) is 0 Å². The first kappa shape index (κ1) is 26.5. The van der Waals surface area contributed by atoms with Crippen molar-refractivity contribution in [3.63, 3.8) is 0 Å². The van der Waals surface area contributed by atoms with Crippen LogP contribution in [0.15, 0.2) is 66.7 Å². The molecule has 1 unspecified atom stereocenters. The summed E-state index contributed by atoms with van der Waals surface area (Å²) in [5, 5.41) is 2.65. The highest BCUT2D eigenvalue weighted by Gasteiger charge is 2.52. The number of nitrogens with zero attached hydrogens (tertiary/aromatic N) is 1. The van der Waals surface area contributed by atoms with E-state index in [1.807, 2.05) is 30.3 Å². The van der Waals surface area contributed by atoms with Gasteiger partial charge >= 0.3 is 12.1 Å². The topological polar surface area (TPSA) is 77.5 Å². The maximum absolute atomic E-state index is 15.4. The molecule has 4 aromatic rings. The number of carbonyl (C=O) groups excluding carboxylic acids is 2. The smallest absolute Gasteiger partial charge is 0.412 e. The molecular formula is C30H26F2N2O4S. The van der Waals surface area contributed by atoms with Crippen LogP contribution in [0.25, 0.3) is 21.6 Å². The van der Waals surface area contributed by atoms with Crippen LogP contribution in [-0.2, 0) is 19.7 Å². The van der Waals surface area contributed by atoms with Crippen LogP contribution >= 0.6 is 11.5 Å². The molecule has 1 saturated carbocycles. The molecule has 6 nitrogen and oxygen atoms in total. The fourth-order valence-electron chi connectivity index (χ4n) is 4.63. The largest absolute Gasteiger partial charge is 0.468 e. The maximum Gasteiger partial charge on any atom is 0.412 e. The molecule has 0 saturated heterocycles. The molecule has 1 aliphatic rings. The van der Waals surface area contributed by atoms with Gasteiger partial charge in [0, 0.05) is 11.1 Å². The molecule has 0 bridgehead atoms. The zero-order valence-corrected chi connectivity index (χ0v) is 22.4. The van der Waals surface area contributed by atoms with Crippen LogP contribution in [-0.4, -0.2) is 23.5 Å². The average molecular weight is 549 g/mol. The van der Waals surface area contributed by atoms with Crippen LogP contribution < -0.4 is 5.32 Å². The van der Waals surface area contributed by atoms with Crippen LogP contribution in [0.4, 0.5) is 19.3 Å². The van der Waals surface area contributed by atoms with Gasteiger partial charge < -0.3 is 9.47 Å². The van der Waals surface area contributed by atoms with Gasteiger partial charge in [-0.25, -0.2) is 13.6 Å². The summed E-state index contributed by atoms with van der Waals surface area (Å²) in [7, 11) is 1.36. The third kappa shape index (κ3) is 5.14. The number of esters is 1. The lowest BCUT2D eigenvalue weighted by Gasteiger charge is -2.15. The Morgan fingerprint density at radius 1 is 1.00 bits per heavy atom. The number of rotatable bonds is 7. The van der Waals surface area contributed by atoms with Gasteiger partial charge in [-0.15, -0.1) is 0 Å². The summed E-state index contributed by atoms with van der Waals surface area (Å²) in [6.45, 7) is 3.41. The van der Waals surface area contributed by atoms with Crippen LogP contribution in [0, 0.1) is 18.6 Å². The van der Waals surface area contributed by atoms with Gasteiger partial charge in [-0.1, -0.05) is 54.6 Å². The molecule has 39 heavy (non-hydrogen) atoms. The Hall–Kier alpha value is -4.11. The molecule has 0 spiro atoms. The number of aromatic nitrogens is 1. The Kier molecular flexibility index (Phi) is 7.18. The molecule has 3 aromatic carbocycles. The number of hydrogen-bond donors (Lipinski definition) is 1. The molecule has 1 heterocycles. The molecule has 0 aliphatic heterocycles. The Morgan fingerprint density at radius 3 is 2.28 bits per heavy atom. The summed E-state index contributed by atoms with van der Waals surface area (Å²) < 4.78 is 45.4. The van der Waals surface area contributed by atoms with Crippen molar-refractivity contribution in [2.75, 3.05) is 12.4 Å². The minimum atomic E-state index is -0.728. The lowest BCUT2D eigenvalue weighted by Crippen LogP contribution is -2.21. The fraction of sp³-hybridized carbons (Fsp3) is 0.233. The molecule has 0 radical (unpaired) electrons. The van der Waals surface area contributed by atoms with E-state index in [0.29, 0.717) is 24.1 Å². The van der Waals surface area contributed by atoms with Crippen LogP contribution in [0.1, 0.15) is 42.7 Å². The first-order chi connectivity index (χ1) is 18.7. The van der Waals surface area contributed by atoms with E-state index in [0.717, 1.165) is 34.8 Å². The highest BCUT2D eigenvalue weighted by Crippen LogP contribution is 2.49. The number of halogens is 2. The van der Waals surface area contributed by atoms with Crippen molar-refractivity contribution in [2.45, 2.75) is 38.2 Å². The molecule has 9 heteroatoms. The highest BCUT2D eigenvalue weighted by molar-refractivity contribution is 7.10. The summed E-state index contributed by atoms with van der Waals surface area (Å²) in [6, 6.07) is 18.3. The molecule has 1 aromatic heterocycles. The second-order valence-corrected chi connectivity index (χ2v) is 10.3. The monoisotopic (exact) mass is 548 g/mol. The average Bonchev–Trinajstić information content (AvgIpc) is 3.69. The van der Waals surface area contributed by atoms with Crippen molar-refractivity contribution in [1.82, 2.24) is 4.37 Å². The van der Waals surface area contributed by atoms with Crippen LogP contribution in [0.2, 0.25) is 0 Å². The highest BCUT2D eigenvalue weighted by atomic mass is 32.1. The number of methoxy groups -OCH3 is 1. The van der Waals surface area contributed by atoms with E-state index < -0.39 is 29.2 Å². The second kappa shape index (κ2) is 10.6. The van der Waals surface area contributed by atoms with Crippen molar-refractivity contribution < 1.29 is 27.8 Å². The SMILES string of the molecule is COC(=O)C1(c2ccc(-c3cc(F)c(-c4snc(C)c4NC(=O)OC(C)c4ccccc4)cc3F)cc2)CC1. The van der Waals surface area contributed by atoms with Gasteiger partial charge in [0.2, 0.25) is 0 Å². The number of amides is 1. The van der Waals surface area contributed by atoms with Crippen molar-refractivity contribution in [2.24, 2.45) is 0 Å². The molecular weight excluding hydrogens is 522 g/mol. The summed E-state index contributed by atoms with van der Waals surface area (Å²) >= 11 is 0.957. The van der Waals surface area contributed by atoms with E-state index in [1.165, 1.54) is 7.11 Å². The number of aryl methyl sites for hydroxylation is 1. The molecule has 1 atom stereocenters. The molecule has 1 fully saturated rings. The molecule has 5 rings (SSSR count). The second-order valence-electron chi connectivity index (χ2n) is 9.52. The van der Waals surface area contributed by atoms with E-state index in [1.54, 1.807) is 38.1 Å². The third-order valence-electron chi connectivity index (χ3n) is 7.02. The van der Waals surface area contributed by atoms with E-state index >= 15 is 8.78 Å². The lowest BCUT2D eigenvalue weighted by atomic mass is 9.93. The first-order valence-corrected chi connectivity index (χ1v) is 13.2. The summed E-state index contributed by atoms with van der Waals surface area (Å²) in [4.78, 5) is 25.1. The number of anilines is 1. The Bertz CT molecular complexity index is 1530. The minimum absolute atomic E-state index is 0.0208. The number of benzene rings is 3. The fourth-order valence-corrected chi connectivity index (χ4v) is 5.49. The van der Waals surface area contributed by atoms with Crippen molar-refractivity contribution >= 4 is 29.3 Å². The summed E-state index contributed by atoms with van der Waals surface area (Å²) in [5.74, 6) is -1.59. The lowest BCUT2D eigenvalue weighted by molar-refractivity contribution is -0.143. The number of carbonyl (C=O) groups is 2. The normalized spacial score (nSPS) is 14.4.